The fraction of sp³-hybridized carbons (Fsp3) is 0.435. The summed E-state index contributed by atoms with van der Waals surface area (Å²) in [7, 11) is 0. The lowest BCUT2D eigenvalue weighted by atomic mass is 10.2. The minimum Gasteiger partial charge on any atom is -0.381 e. The molecule has 0 saturated carbocycles. The van der Waals surface area contributed by atoms with Crippen LogP contribution >= 0.6 is 0 Å². The van der Waals surface area contributed by atoms with Crippen molar-refractivity contribution in [3.8, 4) is 0 Å². The maximum absolute atomic E-state index is 12.4. The van der Waals surface area contributed by atoms with Gasteiger partial charge in [-0.15, -0.1) is 0 Å². The summed E-state index contributed by atoms with van der Waals surface area (Å²) >= 11 is 0. The molecule has 1 aliphatic rings. The molecule has 0 radical (unpaired) electrons. The number of aryl methyl sites for hydroxylation is 1. The molecule has 0 aromatic heterocycles. The molecule has 3 rings (SSSR count). The van der Waals surface area contributed by atoms with Crippen molar-refractivity contribution in [3.05, 3.63) is 65.7 Å². The summed E-state index contributed by atoms with van der Waals surface area (Å²) in [6, 6.07) is 18.9. The van der Waals surface area contributed by atoms with Crippen LogP contribution in [0.3, 0.4) is 0 Å². The highest BCUT2D eigenvalue weighted by Crippen LogP contribution is 2.18. The maximum atomic E-state index is 12.4. The molecular weight excluding hydrogens is 336 g/mol. The molecule has 4 nitrogen and oxygen atoms in total. The molecular formula is C23H30N2O2. The normalized spacial score (nSPS) is 14.4. The molecule has 144 valence electrons. The fourth-order valence-corrected chi connectivity index (χ4v) is 3.46. The van der Waals surface area contributed by atoms with E-state index in [1.165, 1.54) is 16.8 Å². The number of benzene rings is 2. The van der Waals surface area contributed by atoms with E-state index in [0.29, 0.717) is 19.6 Å². The van der Waals surface area contributed by atoms with Gasteiger partial charge >= 0.3 is 0 Å². The van der Waals surface area contributed by atoms with Gasteiger partial charge in [0.25, 0.3) is 0 Å². The summed E-state index contributed by atoms with van der Waals surface area (Å²) in [6.07, 6.45) is 2.30. The van der Waals surface area contributed by atoms with E-state index in [9.17, 15) is 4.79 Å². The number of nitrogens with zero attached hydrogens (tertiary/aromatic N) is 2. The summed E-state index contributed by atoms with van der Waals surface area (Å²) < 4.78 is 5.68. The number of carbonyl (C=O) groups is 1. The van der Waals surface area contributed by atoms with Crippen LogP contribution in [0.5, 0.6) is 0 Å². The van der Waals surface area contributed by atoms with Crippen LogP contribution in [0.15, 0.2) is 54.6 Å². The second-order valence-corrected chi connectivity index (χ2v) is 7.16. The van der Waals surface area contributed by atoms with E-state index in [2.05, 4.69) is 48.2 Å². The predicted molar refractivity (Wildman–Crippen MR) is 110 cm³/mol. The van der Waals surface area contributed by atoms with Gasteiger partial charge in [-0.25, -0.2) is 0 Å². The van der Waals surface area contributed by atoms with Gasteiger partial charge in [0.1, 0.15) is 0 Å². The number of hydrogen-bond acceptors (Lipinski definition) is 3. The highest BCUT2D eigenvalue weighted by atomic mass is 16.5. The molecule has 0 atom stereocenters. The lowest BCUT2D eigenvalue weighted by Gasteiger charge is -2.36. The highest BCUT2D eigenvalue weighted by Gasteiger charge is 2.20. The summed E-state index contributed by atoms with van der Waals surface area (Å²) in [4.78, 5) is 16.8. The first-order valence-electron chi connectivity index (χ1n) is 9.93. The van der Waals surface area contributed by atoms with Gasteiger partial charge in [-0.05, 0) is 43.0 Å². The van der Waals surface area contributed by atoms with Crippen molar-refractivity contribution in [2.75, 3.05) is 44.3 Å². The molecule has 2 aromatic rings. The molecule has 1 saturated heterocycles. The van der Waals surface area contributed by atoms with Crippen molar-refractivity contribution in [3.63, 3.8) is 0 Å². The number of ether oxygens (including phenoxy) is 1. The zero-order valence-corrected chi connectivity index (χ0v) is 16.3. The second kappa shape index (κ2) is 10.1. The zero-order valence-electron chi connectivity index (χ0n) is 16.3. The molecule has 0 bridgehead atoms. The van der Waals surface area contributed by atoms with E-state index in [0.717, 1.165) is 39.0 Å². The molecule has 0 N–H and O–H groups in total. The Morgan fingerprint density at radius 1 is 0.963 bits per heavy atom. The molecule has 27 heavy (non-hydrogen) atoms. The van der Waals surface area contributed by atoms with Gasteiger partial charge in [0.05, 0.1) is 6.61 Å². The van der Waals surface area contributed by atoms with Gasteiger partial charge in [0, 0.05) is 44.9 Å². The lowest BCUT2D eigenvalue weighted by molar-refractivity contribution is -0.131. The molecule has 4 heteroatoms. The molecule has 0 unspecified atom stereocenters. The van der Waals surface area contributed by atoms with E-state index < -0.39 is 0 Å². The number of anilines is 1. The third-order valence-corrected chi connectivity index (χ3v) is 5.06. The van der Waals surface area contributed by atoms with Crippen molar-refractivity contribution >= 4 is 11.6 Å². The minimum atomic E-state index is 0.255. The summed E-state index contributed by atoms with van der Waals surface area (Å²) in [6.45, 7) is 6.91. The van der Waals surface area contributed by atoms with E-state index in [1.807, 2.05) is 23.1 Å². The summed E-state index contributed by atoms with van der Waals surface area (Å²) in [5.41, 5.74) is 3.83. The smallest absolute Gasteiger partial charge is 0.222 e. The number of rotatable bonds is 8. The van der Waals surface area contributed by atoms with Crippen LogP contribution in [-0.2, 0) is 16.0 Å². The van der Waals surface area contributed by atoms with E-state index >= 15 is 0 Å². The number of amides is 1. The van der Waals surface area contributed by atoms with E-state index in [1.54, 1.807) is 0 Å². The number of hydrogen-bond donors (Lipinski definition) is 0. The number of piperazine rings is 1. The summed E-state index contributed by atoms with van der Waals surface area (Å²) in [5.74, 6) is 0.255. The van der Waals surface area contributed by atoms with Crippen LogP contribution in [0.2, 0.25) is 0 Å². The molecule has 1 fully saturated rings. The summed E-state index contributed by atoms with van der Waals surface area (Å²) in [5, 5.41) is 0. The predicted octanol–water partition coefficient (Wildman–Crippen LogP) is 3.68. The molecule has 1 heterocycles. The Balaban J connectivity index is 1.29. The Morgan fingerprint density at radius 2 is 1.74 bits per heavy atom. The van der Waals surface area contributed by atoms with Crippen LogP contribution in [-0.4, -0.2) is 50.2 Å². The molecule has 1 amide bonds. The standard InChI is InChI=1S/C23H30N2O2/c1-20-7-5-10-22(19-20)24-13-15-25(16-14-24)23(26)11-6-17-27-18-12-21-8-3-2-4-9-21/h2-5,7-10,19H,6,11-18H2,1H3. The Hall–Kier alpha value is -2.33. The Kier molecular flexibility index (Phi) is 7.28. The molecule has 0 aliphatic carbocycles. The third-order valence-electron chi connectivity index (χ3n) is 5.06. The zero-order chi connectivity index (χ0) is 18.9. The van der Waals surface area contributed by atoms with Crippen molar-refractivity contribution in [1.29, 1.82) is 0 Å². The molecule has 2 aromatic carbocycles. The topological polar surface area (TPSA) is 32.8 Å². The number of carbonyl (C=O) groups excluding carboxylic acids is 1. The SMILES string of the molecule is Cc1cccc(N2CCN(C(=O)CCCOCCc3ccccc3)CC2)c1. The first-order valence-corrected chi connectivity index (χ1v) is 9.93. The van der Waals surface area contributed by atoms with Gasteiger partial charge in [0.2, 0.25) is 5.91 Å². The monoisotopic (exact) mass is 366 g/mol. The van der Waals surface area contributed by atoms with Crippen LogP contribution in [0, 0.1) is 6.92 Å². The lowest BCUT2D eigenvalue weighted by Crippen LogP contribution is -2.48. The van der Waals surface area contributed by atoms with Gasteiger partial charge in [-0.2, -0.15) is 0 Å². The largest absolute Gasteiger partial charge is 0.381 e. The van der Waals surface area contributed by atoms with Crippen LogP contribution in [0.1, 0.15) is 24.0 Å². The Labute approximate surface area is 162 Å². The third kappa shape index (κ3) is 6.10. The van der Waals surface area contributed by atoms with Crippen molar-refractivity contribution in [2.45, 2.75) is 26.2 Å². The van der Waals surface area contributed by atoms with Gasteiger partial charge in [0.15, 0.2) is 0 Å². The van der Waals surface area contributed by atoms with Crippen LogP contribution in [0.4, 0.5) is 5.69 Å². The van der Waals surface area contributed by atoms with Crippen LogP contribution < -0.4 is 4.90 Å². The van der Waals surface area contributed by atoms with Gasteiger partial charge < -0.3 is 14.5 Å². The fourth-order valence-electron chi connectivity index (χ4n) is 3.46. The van der Waals surface area contributed by atoms with Crippen molar-refractivity contribution in [2.24, 2.45) is 0 Å². The van der Waals surface area contributed by atoms with Gasteiger partial charge in [-0.3, -0.25) is 4.79 Å². The average molecular weight is 367 g/mol. The van der Waals surface area contributed by atoms with Gasteiger partial charge in [-0.1, -0.05) is 42.5 Å². The second-order valence-electron chi connectivity index (χ2n) is 7.16. The van der Waals surface area contributed by atoms with Crippen LogP contribution in [0.25, 0.3) is 0 Å². The average Bonchev–Trinajstić information content (AvgIpc) is 2.71. The van der Waals surface area contributed by atoms with Crippen molar-refractivity contribution < 1.29 is 9.53 Å². The minimum absolute atomic E-state index is 0.255. The first-order chi connectivity index (χ1) is 13.2. The Morgan fingerprint density at radius 3 is 2.48 bits per heavy atom. The quantitative estimate of drug-likeness (QED) is 0.668. The Bertz CT molecular complexity index is 709. The van der Waals surface area contributed by atoms with E-state index in [-0.39, 0.29) is 5.91 Å². The first kappa shape index (κ1) is 19.4. The maximum Gasteiger partial charge on any atom is 0.222 e. The van der Waals surface area contributed by atoms with E-state index in [4.69, 9.17) is 4.74 Å². The molecule has 0 spiro atoms. The highest BCUT2D eigenvalue weighted by molar-refractivity contribution is 5.76. The molecule has 1 aliphatic heterocycles. The van der Waals surface area contributed by atoms with Crippen molar-refractivity contribution in [1.82, 2.24) is 4.90 Å².